The van der Waals surface area contributed by atoms with E-state index >= 15 is 0 Å². The molecule has 0 radical (unpaired) electrons. The maximum atomic E-state index is 14.3. The molecule has 5 nitrogen and oxygen atoms in total. The van der Waals surface area contributed by atoms with Gasteiger partial charge in [0.05, 0.1) is 17.1 Å². The van der Waals surface area contributed by atoms with Gasteiger partial charge >= 0.3 is 0 Å². The Hall–Kier alpha value is -3.02. The van der Waals surface area contributed by atoms with E-state index in [1.54, 1.807) is 29.1 Å². The number of rotatable bonds is 4. The van der Waals surface area contributed by atoms with Gasteiger partial charge in [0.15, 0.2) is 0 Å². The lowest BCUT2D eigenvalue weighted by atomic mass is 9.92. The second kappa shape index (κ2) is 7.31. The number of halogens is 1. The molecule has 1 N–H and O–H groups in total. The molecule has 0 aliphatic carbocycles. The summed E-state index contributed by atoms with van der Waals surface area (Å²) < 4.78 is 15.9. The minimum Gasteiger partial charge on any atom is -0.318 e. The fourth-order valence-electron chi connectivity index (χ4n) is 2.71. The standard InChI is InChI=1S/C21H23FN4O/c1-5-26-18(13-19(25-26)21(2,3)4)20(27)24-17-12-14(9-10-15(17)22)16-8-6-7-11-23-16/h6-13H,5H2,1-4H3,(H,24,27). The van der Waals surface area contributed by atoms with Crippen LogP contribution in [0.2, 0.25) is 0 Å². The molecule has 2 aromatic heterocycles. The van der Waals surface area contributed by atoms with Crippen molar-refractivity contribution in [3.8, 4) is 11.3 Å². The van der Waals surface area contributed by atoms with Crippen molar-refractivity contribution in [3.63, 3.8) is 0 Å². The lowest BCUT2D eigenvalue weighted by Crippen LogP contribution is -2.18. The summed E-state index contributed by atoms with van der Waals surface area (Å²) in [6, 6.07) is 11.8. The first-order valence-corrected chi connectivity index (χ1v) is 8.90. The maximum Gasteiger partial charge on any atom is 0.274 e. The third-order valence-electron chi connectivity index (χ3n) is 4.26. The smallest absolute Gasteiger partial charge is 0.274 e. The van der Waals surface area contributed by atoms with Crippen LogP contribution in [-0.2, 0) is 12.0 Å². The third-order valence-corrected chi connectivity index (χ3v) is 4.26. The lowest BCUT2D eigenvalue weighted by Gasteiger charge is -2.13. The van der Waals surface area contributed by atoms with Gasteiger partial charge in [-0.15, -0.1) is 0 Å². The Labute approximate surface area is 158 Å². The normalized spacial score (nSPS) is 11.4. The number of carbonyl (C=O) groups excluding carboxylic acids is 1. The van der Waals surface area contributed by atoms with Gasteiger partial charge in [0.1, 0.15) is 11.5 Å². The van der Waals surface area contributed by atoms with Gasteiger partial charge in [0, 0.05) is 23.7 Å². The third kappa shape index (κ3) is 4.05. The Morgan fingerprint density at radius 1 is 1.19 bits per heavy atom. The topological polar surface area (TPSA) is 59.8 Å². The van der Waals surface area contributed by atoms with Crippen molar-refractivity contribution in [1.82, 2.24) is 14.8 Å². The van der Waals surface area contributed by atoms with E-state index in [0.717, 1.165) is 11.3 Å². The molecule has 3 aromatic rings. The quantitative estimate of drug-likeness (QED) is 0.731. The van der Waals surface area contributed by atoms with Crippen molar-refractivity contribution in [2.45, 2.75) is 39.7 Å². The highest BCUT2D eigenvalue weighted by Gasteiger charge is 2.23. The van der Waals surface area contributed by atoms with Gasteiger partial charge in [-0.2, -0.15) is 5.10 Å². The van der Waals surface area contributed by atoms with Crippen molar-refractivity contribution in [1.29, 1.82) is 0 Å². The number of benzene rings is 1. The van der Waals surface area contributed by atoms with Crippen LogP contribution in [0.5, 0.6) is 0 Å². The first-order chi connectivity index (χ1) is 12.8. The summed E-state index contributed by atoms with van der Waals surface area (Å²) in [7, 11) is 0. The van der Waals surface area contributed by atoms with Crippen LogP contribution < -0.4 is 5.32 Å². The highest BCUT2D eigenvalue weighted by Crippen LogP contribution is 2.25. The van der Waals surface area contributed by atoms with Crippen molar-refractivity contribution in [2.75, 3.05) is 5.32 Å². The Balaban J connectivity index is 1.92. The highest BCUT2D eigenvalue weighted by atomic mass is 19.1. The van der Waals surface area contributed by atoms with E-state index in [1.807, 2.05) is 45.9 Å². The molecule has 1 amide bonds. The number of pyridine rings is 1. The minimum atomic E-state index is -0.498. The van der Waals surface area contributed by atoms with Crippen molar-refractivity contribution in [2.24, 2.45) is 0 Å². The van der Waals surface area contributed by atoms with E-state index in [9.17, 15) is 9.18 Å². The molecule has 0 spiro atoms. The molecule has 0 unspecified atom stereocenters. The predicted octanol–water partition coefficient (Wildman–Crippen LogP) is 4.65. The first kappa shape index (κ1) is 18.8. The summed E-state index contributed by atoms with van der Waals surface area (Å²) in [5.74, 6) is -0.890. The second-order valence-corrected chi connectivity index (χ2v) is 7.34. The van der Waals surface area contributed by atoms with Crippen LogP contribution in [0.4, 0.5) is 10.1 Å². The molecule has 1 aromatic carbocycles. The van der Waals surface area contributed by atoms with Crippen molar-refractivity contribution >= 4 is 11.6 Å². The number of aryl methyl sites for hydroxylation is 1. The fourth-order valence-corrected chi connectivity index (χ4v) is 2.71. The Kier molecular flexibility index (Phi) is 5.08. The van der Waals surface area contributed by atoms with Crippen LogP contribution in [0, 0.1) is 5.82 Å². The number of aromatic nitrogens is 3. The predicted molar refractivity (Wildman–Crippen MR) is 104 cm³/mol. The SMILES string of the molecule is CCn1nc(C(C)(C)C)cc1C(=O)Nc1cc(-c2ccccn2)ccc1F. The maximum absolute atomic E-state index is 14.3. The number of anilines is 1. The number of hydrogen-bond donors (Lipinski definition) is 1. The molecule has 27 heavy (non-hydrogen) atoms. The molecule has 0 aliphatic rings. The van der Waals surface area contributed by atoms with Gasteiger partial charge in [-0.1, -0.05) is 26.8 Å². The van der Waals surface area contributed by atoms with Crippen LogP contribution in [0.1, 0.15) is 43.9 Å². The van der Waals surface area contributed by atoms with Crippen molar-refractivity contribution in [3.05, 3.63) is 65.9 Å². The number of nitrogens with zero attached hydrogens (tertiary/aromatic N) is 3. The summed E-state index contributed by atoms with van der Waals surface area (Å²) in [5, 5.41) is 7.18. The summed E-state index contributed by atoms with van der Waals surface area (Å²) >= 11 is 0. The molecular weight excluding hydrogens is 343 g/mol. The molecule has 0 saturated carbocycles. The average molecular weight is 366 g/mol. The molecule has 2 heterocycles. The Morgan fingerprint density at radius 2 is 1.96 bits per heavy atom. The van der Waals surface area contributed by atoms with E-state index in [0.29, 0.717) is 17.9 Å². The fraction of sp³-hybridized carbons (Fsp3) is 0.286. The Bertz CT molecular complexity index is 958. The van der Waals surface area contributed by atoms with Crippen LogP contribution in [0.3, 0.4) is 0 Å². The van der Waals surface area contributed by atoms with E-state index in [2.05, 4.69) is 15.4 Å². The van der Waals surface area contributed by atoms with Crippen LogP contribution in [-0.4, -0.2) is 20.7 Å². The van der Waals surface area contributed by atoms with Crippen LogP contribution in [0.25, 0.3) is 11.3 Å². The van der Waals surface area contributed by atoms with Crippen LogP contribution >= 0.6 is 0 Å². The average Bonchev–Trinajstić information content (AvgIpc) is 3.09. The van der Waals surface area contributed by atoms with Gasteiger partial charge in [-0.25, -0.2) is 4.39 Å². The Morgan fingerprint density at radius 3 is 2.59 bits per heavy atom. The zero-order valence-corrected chi connectivity index (χ0v) is 16.0. The summed E-state index contributed by atoms with van der Waals surface area (Å²) in [6.45, 7) is 8.57. The molecular formula is C21H23FN4O. The van der Waals surface area contributed by atoms with E-state index < -0.39 is 11.7 Å². The van der Waals surface area contributed by atoms with Gasteiger partial charge in [-0.3, -0.25) is 14.5 Å². The highest BCUT2D eigenvalue weighted by molar-refractivity contribution is 6.03. The number of carbonyl (C=O) groups is 1. The molecule has 0 saturated heterocycles. The zero-order valence-electron chi connectivity index (χ0n) is 16.0. The number of amides is 1. The molecule has 0 aliphatic heterocycles. The molecule has 0 bridgehead atoms. The van der Waals surface area contributed by atoms with E-state index in [-0.39, 0.29) is 11.1 Å². The van der Waals surface area contributed by atoms with Crippen molar-refractivity contribution < 1.29 is 9.18 Å². The summed E-state index contributed by atoms with van der Waals surface area (Å²) in [4.78, 5) is 17.0. The molecule has 3 rings (SSSR count). The number of hydrogen-bond acceptors (Lipinski definition) is 3. The molecule has 0 atom stereocenters. The summed E-state index contributed by atoms with van der Waals surface area (Å²) in [5.41, 5.74) is 2.60. The zero-order chi connectivity index (χ0) is 19.6. The largest absolute Gasteiger partial charge is 0.318 e. The van der Waals surface area contributed by atoms with Crippen LogP contribution in [0.15, 0.2) is 48.7 Å². The minimum absolute atomic E-state index is 0.115. The first-order valence-electron chi connectivity index (χ1n) is 8.90. The number of nitrogens with one attached hydrogen (secondary N) is 1. The van der Waals surface area contributed by atoms with Gasteiger partial charge in [-0.05, 0) is 43.3 Å². The van der Waals surface area contributed by atoms with Gasteiger partial charge < -0.3 is 5.32 Å². The summed E-state index contributed by atoms with van der Waals surface area (Å²) in [6.07, 6.45) is 1.67. The lowest BCUT2D eigenvalue weighted by molar-refractivity contribution is 0.101. The van der Waals surface area contributed by atoms with Gasteiger partial charge in [0.2, 0.25) is 0 Å². The van der Waals surface area contributed by atoms with Gasteiger partial charge in [0.25, 0.3) is 5.91 Å². The van der Waals surface area contributed by atoms with E-state index in [1.165, 1.54) is 6.07 Å². The monoisotopic (exact) mass is 366 g/mol. The molecule has 6 heteroatoms. The van der Waals surface area contributed by atoms with E-state index in [4.69, 9.17) is 0 Å². The second-order valence-electron chi connectivity index (χ2n) is 7.34. The molecule has 0 fully saturated rings. The molecule has 140 valence electrons.